The number of carbonyl (C=O) groups excluding carboxylic acids is 1. The molecule has 0 bridgehead atoms. The van der Waals surface area contributed by atoms with E-state index < -0.39 is 12.0 Å². The van der Waals surface area contributed by atoms with Crippen molar-refractivity contribution in [3.63, 3.8) is 0 Å². The van der Waals surface area contributed by atoms with E-state index >= 15 is 0 Å². The highest BCUT2D eigenvalue weighted by Gasteiger charge is 2.35. The average Bonchev–Trinajstić information content (AvgIpc) is 3.07. The fourth-order valence-corrected chi connectivity index (χ4v) is 3.18. The van der Waals surface area contributed by atoms with Crippen LogP contribution in [0.4, 0.5) is 0 Å². The minimum Gasteiger partial charge on any atom is -0.480 e. The number of rotatable bonds is 5. The third-order valence-electron chi connectivity index (χ3n) is 3.30. The monoisotopic (exact) mass is 298 g/mol. The van der Waals surface area contributed by atoms with Gasteiger partial charge in [-0.3, -0.25) is 4.79 Å². The summed E-state index contributed by atoms with van der Waals surface area (Å²) >= 11 is 1.27. The Bertz CT molecular complexity index is 502. The Morgan fingerprint density at radius 1 is 1.65 bits per heavy atom. The fourth-order valence-electron chi connectivity index (χ4n) is 2.30. The average molecular weight is 298 g/mol. The lowest BCUT2D eigenvalue weighted by Crippen LogP contribution is -2.40. The van der Waals surface area contributed by atoms with Gasteiger partial charge in [0.15, 0.2) is 0 Å². The maximum atomic E-state index is 12.3. The van der Waals surface area contributed by atoms with Gasteiger partial charge in [0.1, 0.15) is 22.0 Å². The fraction of sp³-hybridized carbons (Fsp3) is 0.615. The van der Waals surface area contributed by atoms with Gasteiger partial charge >= 0.3 is 5.97 Å². The Morgan fingerprint density at radius 2 is 2.40 bits per heavy atom. The number of ether oxygens (including phenoxy) is 1. The van der Waals surface area contributed by atoms with Crippen LogP contribution < -0.4 is 0 Å². The van der Waals surface area contributed by atoms with Crippen LogP contribution in [0.2, 0.25) is 0 Å². The lowest BCUT2D eigenvalue weighted by Gasteiger charge is -2.20. The van der Waals surface area contributed by atoms with Crippen molar-refractivity contribution in [1.82, 2.24) is 9.88 Å². The van der Waals surface area contributed by atoms with E-state index in [0.29, 0.717) is 24.4 Å². The highest BCUT2D eigenvalue weighted by molar-refractivity contribution is 7.13. The first-order valence-corrected chi connectivity index (χ1v) is 7.47. The lowest BCUT2D eigenvalue weighted by atomic mass is 10.2. The van der Waals surface area contributed by atoms with Gasteiger partial charge in [-0.15, -0.1) is 11.3 Å². The number of carboxylic acids is 1. The van der Waals surface area contributed by atoms with Crippen molar-refractivity contribution in [3.8, 4) is 0 Å². The van der Waals surface area contributed by atoms with Crippen molar-refractivity contribution in [2.45, 2.75) is 38.8 Å². The Hall–Kier alpha value is -1.47. The molecule has 0 spiro atoms. The molecule has 1 aliphatic rings. The molecule has 2 heterocycles. The van der Waals surface area contributed by atoms with Crippen LogP contribution >= 0.6 is 11.3 Å². The summed E-state index contributed by atoms with van der Waals surface area (Å²) < 4.78 is 5.43. The number of hydrogen-bond donors (Lipinski definition) is 1. The molecule has 0 radical (unpaired) electrons. The maximum Gasteiger partial charge on any atom is 0.326 e. The zero-order valence-corrected chi connectivity index (χ0v) is 12.4. The molecule has 2 rings (SSSR count). The second-order valence-electron chi connectivity index (χ2n) is 4.66. The molecule has 0 aliphatic carbocycles. The number of nitrogens with zero attached hydrogens (tertiary/aromatic N) is 2. The molecule has 110 valence electrons. The predicted molar refractivity (Wildman–Crippen MR) is 73.8 cm³/mol. The zero-order valence-electron chi connectivity index (χ0n) is 11.5. The van der Waals surface area contributed by atoms with Crippen LogP contribution in [-0.4, -0.2) is 46.1 Å². The van der Waals surface area contributed by atoms with E-state index in [1.807, 2.05) is 13.8 Å². The molecule has 1 saturated heterocycles. The molecule has 20 heavy (non-hydrogen) atoms. The molecular formula is C13H18N2O4S. The molecule has 0 saturated carbocycles. The number of thiazole rings is 1. The summed E-state index contributed by atoms with van der Waals surface area (Å²) in [6.45, 7) is 4.85. The van der Waals surface area contributed by atoms with Crippen LogP contribution in [0.1, 0.15) is 47.5 Å². The highest BCUT2D eigenvalue weighted by atomic mass is 32.1. The standard InChI is InChI=1S/C13H18N2O4S/c1-3-19-8(2)11-14-7-10(20-11)12(16)15-6-4-5-9(15)13(17)18/h7-9H,3-6H2,1-2H3,(H,17,18)/t8?,9-/m1/s1. The second-order valence-corrected chi connectivity index (χ2v) is 5.72. The topological polar surface area (TPSA) is 79.7 Å². The highest BCUT2D eigenvalue weighted by Crippen LogP contribution is 2.26. The summed E-state index contributed by atoms with van der Waals surface area (Å²) in [5, 5.41) is 9.85. The van der Waals surface area contributed by atoms with Crippen LogP contribution in [0.15, 0.2) is 6.20 Å². The first-order chi connectivity index (χ1) is 9.54. The van der Waals surface area contributed by atoms with Crippen LogP contribution in [-0.2, 0) is 9.53 Å². The minimum absolute atomic E-state index is 0.152. The van der Waals surface area contributed by atoms with Crippen LogP contribution in [0, 0.1) is 0 Å². The second kappa shape index (κ2) is 6.32. The van der Waals surface area contributed by atoms with Crippen LogP contribution in [0.25, 0.3) is 0 Å². The van der Waals surface area contributed by atoms with Crippen molar-refractivity contribution >= 4 is 23.2 Å². The molecular weight excluding hydrogens is 280 g/mol. The molecule has 1 aliphatic heterocycles. The molecule has 1 N–H and O–H groups in total. The summed E-state index contributed by atoms with van der Waals surface area (Å²) in [6, 6.07) is -0.711. The van der Waals surface area contributed by atoms with E-state index in [2.05, 4.69) is 4.98 Å². The van der Waals surface area contributed by atoms with Gasteiger partial charge in [0, 0.05) is 13.2 Å². The molecule has 7 heteroatoms. The van der Waals surface area contributed by atoms with Crippen molar-refractivity contribution in [2.24, 2.45) is 0 Å². The smallest absolute Gasteiger partial charge is 0.326 e. The molecule has 1 unspecified atom stereocenters. The quantitative estimate of drug-likeness (QED) is 0.898. The first-order valence-electron chi connectivity index (χ1n) is 6.65. The number of carbonyl (C=O) groups is 2. The Balaban J connectivity index is 2.11. The van der Waals surface area contributed by atoms with E-state index in [9.17, 15) is 9.59 Å². The van der Waals surface area contributed by atoms with E-state index in [0.717, 1.165) is 11.4 Å². The largest absolute Gasteiger partial charge is 0.480 e. The number of hydrogen-bond acceptors (Lipinski definition) is 5. The van der Waals surface area contributed by atoms with Crippen molar-refractivity contribution in [3.05, 3.63) is 16.1 Å². The Labute approximate surface area is 121 Å². The number of amides is 1. The minimum atomic E-state index is -0.941. The number of aliphatic carboxylic acids is 1. The first kappa shape index (κ1) is 14.9. The summed E-state index contributed by atoms with van der Waals surface area (Å²) in [5.74, 6) is -1.19. The van der Waals surface area contributed by atoms with Gasteiger partial charge in [0.2, 0.25) is 0 Å². The number of aromatic nitrogens is 1. The van der Waals surface area contributed by atoms with Gasteiger partial charge in [-0.05, 0) is 26.7 Å². The number of carboxylic acid groups (broad SMARTS) is 1. The summed E-state index contributed by atoms with van der Waals surface area (Å²) in [5.41, 5.74) is 0. The van der Waals surface area contributed by atoms with Crippen molar-refractivity contribution < 1.29 is 19.4 Å². The maximum absolute atomic E-state index is 12.3. The Kier molecular flexibility index (Phi) is 4.72. The summed E-state index contributed by atoms with van der Waals surface area (Å²) in [6.07, 6.45) is 2.60. The molecule has 0 aromatic carbocycles. The van der Waals surface area contributed by atoms with E-state index in [1.165, 1.54) is 22.4 Å². The van der Waals surface area contributed by atoms with Gasteiger partial charge in [0.05, 0.1) is 6.20 Å². The van der Waals surface area contributed by atoms with Gasteiger partial charge in [0.25, 0.3) is 5.91 Å². The molecule has 1 fully saturated rings. The molecule has 1 amide bonds. The van der Waals surface area contributed by atoms with Crippen LogP contribution in [0.5, 0.6) is 0 Å². The van der Waals surface area contributed by atoms with Crippen LogP contribution in [0.3, 0.4) is 0 Å². The SMILES string of the molecule is CCOC(C)c1ncc(C(=O)N2CCC[C@@H]2C(=O)O)s1. The third-order valence-corrected chi connectivity index (χ3v) is 4.44. The third kappa shape index (κ3) is 2.99. The lowest BCUT2D eigenvalue weighted by molar-refractivity contribution is -0.141. The Morgan fingerprint density at radius 3 is 3.05 bits per heavy atom. The molecule has 1 aromatic rings. The van der Waals surface area contributed by atoms with Gasteiger partial charge < -0.3 is 14.7 Å². The summed E-state index contributed by atoms with van der Waals surface area (Å²) in [4.78, 5) is 29.6. The normalized spacial score (nSPS) is 20.1. The number of likely N-dealkylation sites (tertiary alicyclic amines) is 1. The predicted octanol–water partition coefficient (Wildman–Crippen LogP) is 1.93. The zero-order chi connectivity index (χ0) is 14.7. The molecule has 6 nitrogen and oxygen atoms in total. The van der Waals surface area contributed by atoms with Crippen molar-refractivity contribution in [2.75, 3.05) is 13.2 Å². The molecule has 1 aromatic heterocycles. The van der Waals surface area contributed by atoms with Crippen molar-refractivity contribution in [1.29, 1.82) is 0 Å². The molecule has 2 atom stereocenters. The van der Waals surface area contributed by atoms with Gasteiger partial charge in [-0.1, -0.05) is 0 Å². The van der Waals surface area contributed by atoms with Gasteiger partial charge in [-0.25, -0.2) is 9.78 Å². The van der Waals surface area contributed by atoms with E-state index in [-0.39, 0.29) is 12.0 Å². The van der Waals surface area contributed by atoms with Gasteiger partial charge in [-0.2, -0.15) is 0 Å². The van der Waals surface area contributed by atoms with E-state index in [4.69, 9.17) is 9.84 Å². The van der Waals surface area contributed by atoms with E-state index in [1.54, 1.807) is 0 Å². The summed E-state index contributed by atoms with van der Waals surface area (Å²) in [7, 11) is 0.